The predicted octanol–water partition coefficient (Wildman–Crippen LogP) is 2.62. The van der Waals surface area contributed by atoms with Crippen LogP contribution in [-0.4, -0.2) is 53.3 Å². The van der Waals surface area contributed by atoms with Crippen molar-refractivity contribution < 1.29 is 18.4 Å². The van der Waals surface area contributed by atoms with Gasteiger partial charge in [-0.15, -0.1) is 0 Å². The highest BCUT2D eigenvalue weighted by Gasteiger charge is 2.46. The van der Waals surface area contributed by atoms with Crippen molar-refractivity contribution >= 4 is 11.8 Å². The Balaban J connectivity index is 1.34. The fourth-order valence-electron chi connectivity index (χ4n) is 6.13. The van der Waals surface area contributed by atoms with E-state index in [0.717, 1.165) is 43.9 Å². The Hall–Kier alpha value is -2.02. The molecule has 5 atom stereocenters. The minimum Gasteiger partial charge on any atom is -0.344 e. The number of halogens is 2. The molecule has 0 spiro atoms. The number of hydrogen-bond acceptors (Lipinski definition) is 3. The van der Waals surface area contributed by atoms with Crippen molar-refractivity contribution in [1.29, 1.82) is 0 Å². The van der Waals surface area contributed by atoms with Crippen LogP contribution >= 0.6 is 0 Å². The smallest absolute Gasteiger partial charge is 0.245 e. The molecule has 0 unspecified atom stereocenters. The Bertz CT molecular complexity index is 812. The zero-order valence-electron chi connectivity index (χ0n) is 16.4. The Morgan fingerprint density at radius 2 is 1.83 bits per heavy atom. The third kappa shape index (κ3) is 3.54. The van der Waals surface area contributed by atoms with E-state index in [2.05, 4.69) is 10.2 Å². The average molecular weight is 403 g/mol. The van der Waals surface area contributed by atoms with Crippen LogP contribution in [0.4, 0.5) is 8.78 Å². The highest BCUT2D eigenvalue weighted by molar-refractivity contribution is 5.90. The summed E-state index contributed by atoms with van der Waals surface area (Å²) in [6, 6.07) is 3.88. The number of carbonyl (C=O) groups is 2. The molecule has 0 radical (unpaired) electrons. The Morgan fingerprint density at radius 1 is 1.03 bits per heavy atom. The van der Waals surface area contributed by atoms with Gasteiger partial charge >= 0.3 is 0 Å². The van der Waals surface area contributed by atoms with Gasteiger partial charge in [0.05, 0.1) is 0 Å². The SMILES string of the molecule is O=C1CC[C@@H](C(=O)N2C[C@@H]3C[C@H](C2)[C@@H]2CCC[C@H](c4cc(F)cc(F)c4)N2C3)N1. The molecule has 29 heavy (non-hydrogen) atoms. The van der Waals surface area contributed by atoms with E-state index in [1.165, 1.54) is 12.1 Å². The predicted molar refractivity (Wildman–Crippen MR) is 103 cm³/mol. The molecule has 0 saturated carbocycles. The van der Waals surface area contributed by atoms with Crippen molar-refractivity contribution in [3.8, 4) is 0 Å². The van der Waals surface area contributed by atoms with Crippen molar-refractivity contribution in [2.45, 2.75) is 56.7 Å². The first-order valence-corrected chi connectivity index (χ1v) is 10.8. The molecule has 7 heteroatoms. The maximum atomic E-state index is 13.8. The van der Waals surface area contributed by atoms with Gasteiger partial charge in [-0.05, 0) is 61.6 Å². The summed E-state index contributed by atoms with van der Waals surface area (Å²) in [4.78, 5) is 28.8. The van der Waals surface area contributed by atoms with E-state index in [1.807, 2.05) is 4.90 Å². The van der Waals surface area contributed by atoms with Crippen molar-refractivity contribution in [2.24, 2.45) is 11.8 Å². The number of nitrogens with zero attached hydrogens (tertiary/aromatic N) is 2. The molecular formula is C22H27F2N3O2. The van der Waals surface area contributed by atoms with E-state index in [-0.39, 0.29) is 23.9 Å². The average Bonchev–Trinajstić information content (AvgIpc) is 3.12. The van der Waals surface area contributed by atoms with Crippen LogP contribution < -0.4 is 5.32 Å². The molecule has 2 bridgehead atoms. The van der Waals surface area contributed by atoms with Crippen molar-refractivity contribution in [3.63, 3.8) is 0 Å². The lowest BCUT2D eigenvalue weighted by Crippen LogP contribution is -2.61. The van der Waals surface area contributed by atoms with Gasteiger partial charge in [0.25, 0.3) is 0 Å². The molecule has 4 aliphatic heterocycles. The van der Waals surface area contributed by atoms with Crippen LogP contribution in [-0.2, 0) is 9.59 Å². The molecule has 2 amide bonds. The molecule has 5 nitrogen and oxygen atoms in total. The fourth-order valence-corrected chi connectivity index (χ4v) is 6.13. The van der Waals surface area contributed by atoms with Gasteiger partial charge in [0.1, 0.15) is 17.7 Å². The topological polar surface area (TPSA) is 52.7 Å². The van der Waals surface area contributed by atoms with Crippen LogP contribution in [0.5, 0.6) is 0 Å². The fraction of sp³-hybridized carbons (Fsp3) is 0.636. The second-order valence-electron chi connectivity index (χ2n) is 9.18. The highest BCUT2D eigenvalue weighted by Crippen LogP contribution is 2.44. The van der Waals surface area contributed by atoms with Gasteiger partial charge < -0.3 is 10.2 Å². The van der Waals surface area contributed by atoms with E-state index in [4.69, 9.17) is 0 Å². The van der Waals surface area contributed by atoms with Gasteiger partial charge in [0.2, 0.25) is 11.8 Å². The van der Waals surface area contributed by atoms with E-state index in [9.17, 15) is 18.4 Å². The number of carbonyl (C=O) groups excluding carboxylic acids is 2. The molecule has 4 heterocycles. The number of amides is 2. The van der Waals surface area contributed by atoms with Crippen LogP contribution in [0.2, 0.25) is 0 Å². The lowest BCUT2D eigenvalue weighted by molar-refractivity contribution is -0.141. The largest absolute Gasteiger partial charge is 0.344 e. The summed E-state index contributed by atoms with van der Waals surface area (Å²) < 4.78 is 27.6. The maximum absolute atomic E-state index is 13.8. The molecule has 4 aliphatic rings. The maximum Gasteiger partial charge on any atom is 0.245 e. The number of rotatable bonds is 2. The molecule has 1 aromatic carbocycles. The van der Waals surface area contributed by atoms with Gasteiger partial charge in [0.15, 0.2) is 0 Å². The zero-order chi connectivity index (χ0) is 20.1. The molecular weight excluding hydrogens is 376 g/mol. The van der Waals surface area contributed by atoms with Crippen LogP contribution in [0.15, 0.2) is 18.2 Å². The number of hydrogen-bond donors (Lipinski definition) is 1. The summed E-state index contributed by atoms with van der Waals surface area (Å²) >= 11 is 0. The first kappa shape index (κ1) is 19.0. The third-order valence-electron chi connectivity index (χ3n) is 7.26. The second-order valence-corrected chi connectivity index (χ2v) is 9.18. The summed E-state index contributed by atoms with van der Waals surface area (Å²) in [6.45, 7) is 2.27. The van der Waals surface area contributed by atoms with Crippen molar-refractivity contribution in [1.82, 2.24) is 15.1 Å². The summed E-state index contributed by atoms with van der Waals surface area (Å²) in [7, 11) is 0. The third-order valence-corrected chi connectivity index (χ3v) is 7.26. The molecule has 156 valence electrons. The zero-order valence-corrected chi connectivity index (χ0v) is 16.4. The van der Waals surface area contributed by atoms with Gasteiger partial charge in [-0.2, -0.15) is 0 Å². The summed E-state index contributed by atoms with van der Waals surface area (Å²) in [5.74, 6) is -0.276. The Kier molecular flexibility index (Phi) is 4.81. The molecule has 4 fully saturated rings. The summed E-state index contributed by atoms with van der Waals surface area (Å²) in [5, 5.41) is 2.80. The minimum atomic E-state index is -0.519. The van der Waals surface area contributed by atoms with Crippen LogP contribution in [0, 0.1) is 23.5 Å². The first-order chi connectivity index (χ1) is 14.0. The minimum absolute atomic E-state index is 0.0378. The van der Waals surface area contributed by atoms with Crippen molar-refractivity contribution in [2.75, 3.05) is 19.6 Å². The number of nitrogens with one attached hydrogen (secondary N) is 1. The van der Waals surface area contributed by atoms with Crippen LogP contribution in [0.3, 0.4) is 0 Å². The lowest BCUT2D eigenvalue weighted by Gasteiger charge is -2.55. The summed E-state index contributed by atoms with van der Waals surface area (Å²) in [5.41, 5.74) is 0.730. The Morgan fingerprint density at radius 3 is 2.55 bits per heavy atom. The molecule has 0 aromatic heterocycles. The van der Waals surface area contributed by atoms with E-state index < -0.39 is 11.6 Å². The molecule has 5 rings (SSSR count). The second kappa shape index (κ2) is 7.35. The quantitative estimate of drug-likeness (QED) is 0.826. The van der Waals surface area contributed by atoms with Gasteiger partial charge in [-0.3, -0.25) is 14.5 Å². The van der Waals surface area contributed by atoms with Crippen molar-refractivity contribution in [3.05, 3.63) is 35.4 Å². The van der Waals surface area contributed by atoms with E-state index in [0.29, 0.717) is 43.8 Å². The standard InChI is InChI=1S/C22H27F2N3O2/c23-16-7-14(8-17(24)9-16)19-2-1-3-20-15-6-13(11-27(19)20)10-26(12-15)22(29)18-4-5-21(28)25-18/h7-9,13,15,18-20H,1-6,10-12H2,(H,25,28)/t13-,15+,18-,19+,20-/m0/s1. The summed E-state index contributed by atoms with van der Waals surface area (Å²) in [6.07, 6.45) is 5.12. The van der Waals surface area contributed by atoms with Gasteiger partial charge in [-0.25, -0.2) is 8.78 Å². The van der Waals surface area contributed by atoms with E-state index >= 15 is 0 Å². The molecule has 0 aliphatic carbocycles. The highest BCUT2D eigenvalue weighted by atomic mass is 19.1. The number of likely N-dealkylation sites (tertiary alicyclic amines) is 1. The van der Waals surface area contributed by atoms with Crippen LogP contribution in [0.1, 0.15) is 50.1 Å². The van der Waals surface area contributed by atoms with E-state index in [1.54, 1.807) is 0 Å². The number of fused-ring (bicyclic) bond motifs is 4. The first-order valence-electron chi connectivity index (χ1n) is 10.8. The number of piperidine rings is 3. The molecule has 4 saturated heterocycles. The Labute approximate surface area is 169 Å². The van der Waals surface area contributed by atoms with Gasteiger partial charge in [-0.1, -0.05) is 0 Å². The molecule has 1 aromatic rings. The normalized spacial score (nSPS) is 34.6. The molecule has 1 N–H and O–H groups in total. The number of benzene rings is 1. The van der Waals surface area contributed by atoms with Crippen LogP contribution in [0.25, 0.3) is 0 Å². The lowest BCUT2D eigenvalue weighted by atomic mass is 9.73. The monoisotopic (exact) mass is 403 g/mol. The van der Waals surface area contributed by atoms with Gasteiger partial charge in [0, 0.05) is 44.2 Å².